The molecule has 0 saturated heterocycles. The zero-order valence-electron chi connectivity index (χ0n) is 12.7. The number of aryl methyl sites for hydroxylation is 1. The smallest absolute Gasteiger partial charge is 0.333 e. The Morgan fingerprint density at radius 2 is 2.00 bits per heavy atom. The van der Waals surface area contributed by atoms with Crippen molar-refractivity contribution in [1.82, 2.24) is 9.55 Å². The molecule has 6 heteroatoms. The maximum atomic E-state index is 12.3. The van der Waals surface area contributed by atoms with Crippen molar-refractivity contribution in [3.8, 4) is 5.75 Å². The number of para-hydroxylation sites is 1. The second kappa shape index (κ2) is 6.00. The van der Waals surface area contributed by atoms with Crippen LogP contribution in [0, 0.1) is 6.92 Å². The van der Waals surface area contributed by atoms with Gasteiger partial charge in [-0.1, -0.05) is 18.2 Å². The van der Waals surface area contributed by atoms with Gasteiger partial charge in [-0.15, -0.1) is 0 Å². The molecule has 118 valence electrons. The second-order valence-electron chi connectivity index (χ2n) is 5.30. The van der Waals surface area contributed by atoms with E-state index in [1.165, 1.54) is 0 Å². The van der Waals surface area contributed by atoms with Crippen molar-refractivity contribution < 1.29 is 9.53 Å². The first kappa shape index (κ1) is 14.9. The highest BCUT2D eigenvalue weighted by Crippen LogP contribution is 2.19. The van der Waals surface area contributed by atoms with Crippen LogP contribution < -0.4 is 16.2 Å². The Balaban J connectivity index is 1.79. The summed E-state index contributed by atoms with van der Waals surface area (Å²) in [5.41, 5.74) is 7.89. The Morgan fingerprint density at radius 3 is 2.74 bits per heavy atom. The number of imidazole rings is 1. The predicted molar refractivity (Wildman–Crippen MR) is 88.9 cm³/mol. The minimum Gasteiger partial charge on any atom is -0.493 e. The van der Waals surface area contributed by atoms with Gasteiger partial charge in [0.15, 0.2) is 0 Å². The van der Waals surface area contributed by atoms with Crippen molar-refractivity contribution >= 4 is 22.6 Å². The summed E-state index contributed by atoms with van der Waals surface area (Å²) in [5, 5.41) is 0. The Hall–Kier alpha value is -3.02. The van der Waals surface area contributed by atoms with Gasteiger partial charge in [0.1, 0.15) is 5.75 Å². The van der Waals surface area contributed by atoms with E-state index in [0.717, 1.165) is 10.1 Å². The first-order valence-electron chi connectivity index (χ1n) is 7.28. The number of nitrogen functional groups attached to an aromatic ring is 1. The van der Waals surface area contributed by atoms with Crippen molar-refractivity contribution in [2.24, 2.45) is 0 Å². The second-order valence-corrected chi connectivity index (χ2v) is 5.30. The maximum Gasteiger partial charge on any atom is 0.333 e. The van der Waals surface area contributed by atoms with E-state index >= 15 is 0 Å². The van der Waals surface area contributed by atoms with Crippen LogP contribution in [0.25, 0.3) is 11.0 Å². The van der Waals surface area contributed by atoms with Gasteiger partial charge in [0, 0.05) is 5.69 Å². The van der Waals surface area contributed by atoms with Crippen LogP contribution in [-0.4, -0.2) is 22.1 Å². The van der Waals surface area contributed by atoms with Crippen molar-refractivity contribution in [1.29, 1.82) is 0 Å². The zero-order valence-corrected chi connectivity index (χ0v) is 12.7. The predicted octanol–water partition coefficient (Wildman–Crippen LogP) is 2.33. The summed E-state index contributed by atoms with van der Waals surface area (Å²) in [7, 11) is 0. The molecule has 0 unspecified atom stereocenters. The highest BCUT2D eigenvalue weighted by atomic mass is 16.5. The number of fused-ring (bicyclic) bond motifs is 1. The Kier molecular flexibility index (Phi) is 3.89. The van der Waals surface area contributed by atoms with Gasteiger partial charge in [-0.25, -0.2) is 9.36 Å². The molecule has 6 nitrogen and oxygen atoms in total. The van der Waals surface area contributed by atoms with E-state index in [0.29, 0.717) is 22.5 Å². The number of H-pyrrole nitrogens is 1. The van der Waals surface area contributed by atoms with Gasteiger partial charge in [-0.3, -0.25) is 4.79 Å². The summed E-state index contributed by atoms with van der Waals surface area (Å²) in [6.07, 6.45) is 0.0928. The number of rotatable bonds is 4. The Morgan fingerprint density at radius 1 is 1.26 bits per heavy atom. The summed E-state index contributed by atoms with van der Waals surface area (Å²) >= 11 is 0. The third-order valence-electron chi connectivity index (χ3n) is 3.65. The van der Waals surface area contributed by atoms with Crippen molar-refractivity contribution in [3.63, 3.8) is 0 Å². The van der Waals surface area contributed by atoms with Gasteiger partial charge in [-0.05, 0) is 36.8 Å². The average molecular weight is 311 g/mol. The van der Waals surface area contributed by atoms with Crippen LogP contribution in [-0.2, 0) is 0 Å². The number of hydrogen-bond acceptors (Lipinski definition) is 4. The molecule has 0 fully saturated rings. The molecule has 3 N–H and O–H groups in total. The van der Waals surface area contributed by atoms with E-state index in [4.69, 9.17) is 10.5 Å². The fourth-order valence-corrected chi connectivity index (χ4v) is 2.41. The summed E-state index contributed by atoms with van der Waals surface area (Å²) in [6, 6.07) is 12.6. The number of carbonyl (C=O) groups excluding carboxylic acids is 1. The molecular formula is C17H17N3O3. The zero-order chi connectivity index (χ0) is 16.4. The molecule has 2 aromatic carbocycles. The van der Waals surface area contributed by atoms with E-state index in [1.807, 2.05) is 37.3 Å². The molecule has 3 rings (SSSR count). The van der Waals surface area contributed by atoms with Gasteiger partial charge in [0.05, 0.1) is 24.1 Å². The molecule has 3 aromatic rings. The average Bonchev–Trinajstić information content (AvgIpc) is 2.84. The summed E-state index contributed by atoms with van der Waals surface area (Å²) in [4.78, 5) is 27.1. The number of hydrogen-bond donors (Lipinski definition) is 2. The standard InChI is InChI=1S/C17H17N3O3/c1-11-9-14-15(10-13(11)18)20(17(22)19-14)16(21)7-8-23-12-5-3-2-4-6-12/h2-6,9-10H,7-8,18H2,1H3,(H,19,22). The fraction of sp³-hybridized carbons (Fsp3) is 0.176. The van der Waals surface area contributed by atoms with E-state index in [9.17, 15) is 9.59 Å². The molecule has 23 heavy (non-hydrogen) atoms. The van der Waals surface area contributed by atoms with Crippen molar-refractivity contribution in [3.05, 3.63) is 58.5 Å². The van der Waals surface area contributed by atoms with E-state index in [1.54, 1.807) is 12.1 Å². The monoisotopic (exact) mass is 311 g/mol. The third kappa shape index (κ3) is 2.96. The molecule has 0 atom stereocenters. The van der Waals surface area contributed by atoms with Gasteiger partial charge in [-0.2, -0.15) is 0 Å². The molecule has 0 bridgehead atoms. The van der Waals surface area contributed by atoms with Gasteiger partial charge in [0.25, 0.3) is 0 Å². The van der Waals surface area contributed by atoms with Gasteiger partial charge < -0.3 is 15.5 Å². The number of ether oxygens (including phenoxy) is 1. The van der Waals surface area contributed by atoms with Crippen LogP contribution in [0.1, 0.15) is 16.8 Å². The van der Waals surface area contributed by atoms with E-state index in [2.05, 4.69) is 4.98 Å². The minimum absolute atomic E-state index is 0.0928. The van der Waals surface area contributed by atoms with Crippen LogP contribution >= 0.6 is 0 Å². The largest absolute Gasteiger partial charge is 0.493 e. The highest BCUT2D eigenvalue weighted by molar-refractivity contribution is 5.92. The van der Waals surface area contributed by atoms with Crippen LogP contribution in [0.2, 0.25) is 0 Å². The lowest BCUT2D eigenvalue weighted by Crippen LogP contribution is -2.25. The lowest BCUT2D eigenvalue weighted by atomic mass is 10.2. The highest BCUT2D eigenvalue weighted by Gasteiger charge is 2.15. The third-order valence-corrected chi connectivity index (χ3v) is 3.65. The lowest BCUT2D eigenvalue weighted by molar-refractivity contribution is 0.0882. The molecule has 0 radical (unpaired) electrons. The summed E-state index contributed by atoms with van der Waals surface area (Å²) in [5.74, 6) is 0.354. The number of carbonyl (C=O) groups is 1. The van der Waals surface area contributed by atoms with E-state index < -0.39 is 5.69 Å². The topological polar surface area (TPSA) is 90.1 Å². The quantitative estimate of drug-likeness (QED) is 0.724. The van der Waals surface area contributed by atoms with E-state index in [-0.39, 0.29) is 18.9 Å². The number of aromatic nitrogens is 2. The van der Waals surface area contributed by atoms with Crippen molar-refractivity contribution in [2.75, 3.05) is 12.3 Å². The van der Waals surface area contributed by atoms with Crippen molar-refractivity contribution in [2.45, 2.75) is 13.3 Å². The number of anilines is 1. The number of nitrogens with two attached hydrogens (primary N) is 1. The normalized spacial score (nSPS) is 10.8. The van der Waals surface area contributed by atoms with Gasteiger partial charge >= 0.3 is 5.69 Å². The van der Waals surface area contributed by atoms with Gasteiger partial charge in [0.2, 0.25) is 5.91 Å². The van der Waals surface area contributed by atoms with Crippen LogP contribution in [0.5, 0.6) is 5.75 Å². The minimum atomic E-state index is -0.463. The maximum absolute atomic E-state index is 12.3. The number of aromatic amines is 1. The number of nitrogens with zero attached hydrogens (tertiary/aromatic N) is 1. The number of nitrogens with one attached hydrogen (secondary N) is 1. The molecule has 0 aliphatic rings. The Labute approximate surface area is 132 Å². The first-order chi connectivity index (χ1) is 11.1. The Bertz CT molecular complexity index is 910. The number of benzene rings is 2. The molecule has 0 aliphatic carbocycles. The summed E-state index contributed by atoms with van der Waals surface area (Å²) < 4.78 is 6.61. The first-order valence-corrected chi connectivity index (χ1v) is 7.28. The molecular weight excluding hydrogens is 294 g/mol. The molecule has 0 aliphatic heterocycles. The lowest BCUT2D eigenvalue weighted by Gasteiger charge is -2.06. The van der Waals surface area contributed by atoms with Crippen LogP contribution in [0.4, 0.5) is 5.69 Å². The molecule has 0 saturated carbocycles. The molecule has 0 amide bonds. The van der Waals surface area contributed by atoms with Crippen LogP contribution in [0.15, 0.2) is 47.3 Å². The molecule has 1 heterocycles. The summed E-state index contributed by atoms with van der Waals surface area (Å²) in [6.45, 7) is 2.04. The fourth-order valence-electron chi connectivity index (χ4n) is 2.41. The SMILES string of the molecule is Cc1cc2[nH]c(=O)n(C(=O)CCOc3ccccc3)c2cc1N. The van der Waals surface area contributed by atoms with Crippen LogP contribution in [0.3, 0.4) is 0 Å². The molecule has 1 aromatic heterocycles. The molecule has 0 spiro atoms.